The zero-order valence-electron chi connectivity index (χ0n) is 15.5. The summed E-state index contributed by atoms with van der Waals surface area (Å²) in [4.78, 5) is 0. The van der Waals surface area contributed by atoms with Crippen LogP contribution in [0.25, 0.3) is 0 Å². The molecule has 6 nitrogen and oxygen atoms in total. The Kier molecular flexibility index (Phi) is 8.12. The fourth-order valence-corrected chi connectivity index (χ4v) is 20.5. The SMILES string of the molecule is CCN(CC)[Si]1(C)O[SiH](C)O[Si](C)(N(CC)CC)O[SiH](C)O1. The molecule has 1 aliphatic heterocycles. The minimum absolute atomic E-state index is 0.937. The van der Waals surface area contributed by atoms with Crippen molar-refractivity contribution in [2.75, 3.05) is 26.2 Å². The van der Waals surface area contributed by atoms with Crippen molar-refractivity contribution < 1.29 is 16.5 Å². The van der Waals surface area contributed by atoms with Crippen LogP contribution < -0.4 is 0 Å². The number of nitrogens with zero attached hydrogens (tertiary/aromatic N) is 2. The van der Waals surface area contributed by atoms with E-state index in [1.165, 1.54) is 0 Å². The minimum Gasteiger partial charge on any atom is -0.406 e. The van der Waals surface area contributed by atoms with Gasteiger partial charge in [0.05, 0.1) is 0 Å². The van der Waals surface area contributed by atoms with E-state index in [9.17, 15) is 0 Å². The third-order valence-electron chi connectivity index (χ3n) is 4.21. The van der Waals surface area contributed by atoms with Crippen molar-refractivity contribution in [3.63, 3.8) is 0 Å². The Labute approximate surface area is 142 Å². The highest BCUT2D eigenvalue weighted by Crippen LogP contribution is 2.25. The van der Waals surface area contributed by atoms with Gasteiger partial charge in [-0.15, -0.1) is 0 Å². The molecule has 0 bridgehead atoms. The molecule has 0 saturated carbocycles. The maximum atomic E-state index is 6.45. The van der Waals surface area contributed by atoms with E-state index < -0.39 is 36.0 Å². The standard InChI is InChI=1S/C12H34N2O4Si4/c1-9-13(10-2)21(7)15-19(5)17-22(8,14(11-3)12-4)18-20(6)16-21/h19-20H,9-12H2,1-8H3. The molecule has 132 valence electrons. The van der Waals surface area contributed by atoms with Crippen molar-refractivity contribution in [2.24, 2.45) is 0 Å². The molecule has 1 fully saturated rings. The van der Waals surface area contributed by atoms with Gasteiger partial charge in [-0.25, -0.2) is 0 Å². The third kappa shape index (κ3) is 4.81. The van der Waals surface area contributed by atoms with E-state index >= 15 is 0 Å². The summed E-state index contributed by atoms with van der Waals surface area (Å²) in [6, 6.07) is 0. The van der Waals surface area contributed by atoms with E-state index in [0.717, 1.165) is 26.2 Å². The molecule has 0 N–H and O–H groups in total. The summed E-state index contributed by atoms with van der Waals surface area (Å²) in [6.07, 6.45) is 0. The van der Waals surface area contributed by atoms with Crippen molar-refractivity contribution >= 4 is 36.0 Å². The van der Waals surface area contributed by atoms with Crippen LogP contribution in [-0.4, -0.2) is 71.3 Å². The van der Waals surface area contributed by atoms with Gasteiger partial charge in [0.1, 0.15) is 0 Å². The van der Waals surface area contributed by atoms with Crippen LogP contribution in [0.2, 0.25) is 26.2 Å². The maximum Gasteiger partial charge on any atom is 0.406 e. The van der Waals surface area contributed by atoms with Crippen molar-refractivity contribution in [3.8, 4) is 0 Å². The van der Waals surface area contributed by atoms with Crippen LogP contribution in [-0.2, 0) is 16.5 Å². The molecule has 0 unspecified atom stereocenters. The predicted molar refractivity (Wildman–Crippen MR) is 99.4 cm³/mol. The smallest absolute Gasteiger partial charge is 0.406 e. The third-order valence-corrected chi connectivity index (χ3v) is 20.1. The summed E-state index contributed by atoms with van der Waals surface area (Å²) in [5, 5.41) is 0. The zero-order chi connectivity index (χ0) is 17.0. The lowest BCUT2D eigenvalue weighted by molar-refractivity contribution is 0.178. The largest absolute Gasteiger partial charge is 0.406 e. The molecular weight excluding hydrogens is 348 g/mol. The molecule has 0 aromatic carbocycles. The molecule has 0 atom stereocenters. The molecule has 0 spiro atoms. The molecule has 0 aliphatic carbocycles. The highest BCUT2D eigenvalue weighted by Gasteiger charge is 2.50. The van der Waals surface area contributed by atoms with E-state index in [1.807, 2.05) is 0 Å². The summed E-state index contributed by atoms with van der Waals surface area (Å²) in [5.74, 6) is 0. The van der Waals surface area contributed by atoms with Crippen molar-refractivity contribution in [2.45, 2.75) is 53.9 Å². The van der Waals surface area contributed by atoms with Crippen molar-refractivity contribution in [1.29, 1.82) is 0 Å². The van der Waals surface area contributed by atoms with Crippen LogP contribution >= 0.6 is 0 Å². The van der Waals surface area contributed by atoms with Gasteiger partial charge in [-0.2, -0.15) is 0 Å². The van der Waals surface area contributed by atoms with Gasteiger partial charge in [-0.05, 0) is 52.4 Å². The molecule has 0 radical (unpaired) electrons. The predicted octanol–water partition coefficient (Wildman–Crippen LogP) is 1.59. The van der Waals surface area contributed by atoms with Crippen LogP contribution in [0, 0.1) is 0 Å². The van der Waals surface area contributed by atoms with E-state index in [2.05, 4.69) is 63.0 Å². The molecule has 0 aromatic heterocycles. The number of hydrogen-bond donors (Lipinski definition) is 0. The van der Waals surface area contributed by atoms with Gasteiger partial charge in [-0.1, -0.05) is 27.7 Å². The van der Waals surface area contributed by atoms with Crippen LogP contribution in [0.1, 0.15) is 27.7 Å². The summed E-state index contributed by atoms with van der Waals surface area (Å²) in [6.45, 7) is 20.9. The van der Waals surface area contributed by atoms with Gasteiger partial charge < -0.3 is 16.5 Å². The lowest BCUT2D eigenvalue weighted by atomic mass is 10.7. The van der Waals surface area contributed by atoms with E-state index in [0.29, 0.717) is 0 Å². The van der Waals surface area contributed by atoms with Crippen LogP contribution in [0.15, 0.2) is 0 Å². The molecule has 22 heavy (non-hydrogen) atoms. The highest BCUT2D eigenvalue weighted by molar-refractivity contribution is 6.83. The molecule has 1 rings (SSSR count). The molecule has 1 aliphatic rings. The fraction of sp³-hybridized carbons (Fsp3) is 1.00. The minimum atomic E-state index is -2.38. The zero-order valence-corrected chi connectivity index (χ0v) is 19.8. The Morgan fingerprint density at radius 3 is 1.05 bits per heavy atom. The van der Waals surface area contributed by atoms with Gasteiger partial charge in [0.2, 0.25) is 0 Å². The first-order valence-electron chi connectivity index (χ1n) is 8.45. The monoisotopic (exact) mass is 382 g/mol. The van der Waals surface area contributed by atoms with Gasteiger partial charge >= 0.3 is 36.0 Å². The normalized spacial score (nSPS) is 37.4. The first-order chi connectivity index (χ1) is 10.2. The Morgan fingerprint density at radius 2 is 0.864 bits per heavy atom. The van der Waals surface area contributed by atoms with E-state index in [1.54, 1.807) is 0 Å². The van der Waals surface area contributed by atoms with E-state index in [4.69, 9.17) is 16.5 Å². The van der Waals surface area contributed by atoms with Crippen molar-refractivity contribution in [1.82, 2.24) is 9.13 Å². The molecule has 0 aromatic rings. The Hall–Kier alpha value is 0.628. The van der Waals surface area contributed by atoms with Crippen LogP contribution in [0.4, 0.5) is 0 Å². The number of hydrogen-bond acceptors (Lipinski definition) is 6. The summed E-state index contributed by atoms with van der Waals surface area (Å²) in [5.41, 5.74) is 0. The van der Waals surface area contributed by atoms with Crippen molar-refractivity contribution in [3.05, 3.63) is 0 Å². The number of rotatable bonds is 6. The van der Waals surface area contributed by atoms with Gasteiger partial charge in [0, 0.05) is 0 Å². The summed E-state index contributed by atoms with van der Waals surface area (Å²) < 4.78 is 30.5. The average molecular weight is 383 g/mol. The second-order valence-corrected chi connectivity index (χ2v) is 16.6. The second kappa shape index (κ2) is 8.64. The van der Waals surface area contributed by atoms with Gasteiger partial charge in [0.15, 0.2) is 0 Å². The van der Waals surface area contributed by atoms with Crippen LogP contribution in [0.5, 0.6) is 0 Å². The Bertz CT molecular complexity index is 301. The van der Waals surface area contributed by atoms with Crippen LogP contribution in [0.3, 0.4) is 0 Å². The average Bonchev–Trinajstić information content (AvgIpc) is 2.38. The highest BCUT2D eigenvalue weighted by atomic mass is 28.5. The summed E-state index contributed by atoms with van der Waals surface area (Å²) >= 11 is 0. The van der Waals surface area contributed by atoms with Gasteiger partial charge in [-0.3, -0.25) is 9.13 Å². The summed E-state index contributed by atoms with van der Waals surface area (Å²) in [7, 11) is -8.37. The Morgan fingerprint density at radius 1 is 0.636 bits per heavy atom. The molecule has 10 heteroatoms. The first kappa shape index (κ1) is 20.7. The van der Waals surface area contributed by atoms with E-state index in [-0.39, 0.29) is 0 Å². The maximum absolute atomic E-state index is 6.45. The quantitative estimate of drug-likeness (QED) is 0.650. The molecular formula is C12H34N2O4Si4. The molecule has 0 amide bonds. The second-order valence-electron chi connectivity index (χ2n) is 5.75. The molecule has 1 heterocycles. The fourth-order valence-electron chi connectivity index (χ4n) is 3.23. The topological polar surface area (TPSA) is 43.4 Å². The Balaban J connectivity index is 2.99. The first-order valence-corrected chi connectivity index (χ1v) is 17.2. The lowest BCUT2D eigenvalue weighted by Crippen LogP contribution is -2.68. The van der Waals surface area contributed by atoms with Gasteiger partial charge in [0.25, 0.3) is 0 Å². The molecule has 1 saturated heterocycles. The lowest BCUT2D eigenvalue weighted by Gasteiger charge is -2.47.